The summed E-state index contributed by atoms with van der Waals surface area (Å²) in [6, 6.07) is 2.94. The van der Waals surface area contributed by atoms with Crippen LogP contribution in [0.15, 0.2) is 18.2 Å². The molecular weight excluding hydrogens is 315 g/mol. The molecule has 0 saturated carbocycles. The third-order valence-corrected chi connectivity index (χ3v) is 3.91. The van der Waals surface area contributed by atoms with Gasteiger partial charge in [0.25, 0.3) is 5.91 Å². The Labute approximate surface area is 140 Å². The second-order valence-electron chi connectivity index (χ2n) is 6.12. The molecule has 1 aromatic rings. The molecule has 1 N–H and O–H groups in total. The molecule has 130 valence electrons. The van der Waals surface area contributed by atoms with Crippen LogP contribution < -0.4 is 5.32 Å². The fraction of sp³-hybridized carbons (Fsp3) is 0.471. The number of rotatable bonds is 4. The zero-order chi connectivity index (χ0) is 17.9. The van der Waals surface area contributed by atoms with Gasteiger partial charge in [-0.05, 0) is 30.5 Å². The van der Waals surface area contributed by atoms with E-state index in [1.54, 1.807) is 0 Å². The van der Waals surface area contributed by atoms with E-state index in [0.29, 0.717) is 19.5 Å². The molecule has 0 radical (unpaired) electrons. The Bertz CT molecular complexity index is 660. The Morgan fingerprint density at radius 2 is 2.12 bits per heavy atom. The van der Waals surface area contributed by atoms with Crippen LogP contribution in [0.5, 0.6) is 0 Å². The molecule has 1 unspecified atom stereocenters. The van der Waals surface area contributed by atoms with Crippen LogP contribution in [0.1, 0.15) is 41.0 Å². The monoisotopic (exact) mass is 336 g/mol. The van der Waals surface area contributed by atoms with Gasteiger partial charge in [0, 0.05) is 13.1 Å². The molecule has 1 aliphatic rings. The van der Waals surface area contributed by atoms with Gasteiger partial charge in [0.1, 0.15) is 11.9 Å². The lowest BCUT2D eigenvalue weighted by atomic mass is 9.99. The summed E-state index contributed by atoms with van der Waals surface area (Å²) in [5, 5.41) is 2.73. The van der Waals surface area contributed by atoms with Gasteiger partial charge >= 0.3 is 5.97 Å². The summed E-state index contributed by atoms with van der Waals surface area (Å²) >= 11 is 0. The van der Waals surface area contributed by atoms with Crippen molar-refractivity contribution >= 4 is 17.8 Å². The first-order chi connectivity index (χ1) is 11.3. The van der Waals surface area contributed by atoms with Crippen LogP contribution in [0.4, 0.5) is 4.39 Å². The van der Waals surface area contributed by atoms with Crippen LogP contribution in [0, 0.1) is 11.7 Å². The number of hydrogen-bond donors (Lipinski definition) is 1. The van der Waals surface area contributed by atoms with Crippen molar-refractivity contribution in [2.24, 2.45) is 5.92 Å². The minimum atomic E-state index is -0.808. The minimum absolute atomic E-state index is 0.0293. The molecule has 24 heavy (non-hydrogen) atoms. The highest BCUT2D eigenvalue weighted by atomic mass is 19.1. The van der Waals surface area contributed by atoms with E-state index < -0.39 is 23.7 Å². The zero-order valence-corrected chi connectivity index (χ0v) is 14.0. The summed E-state index contributed by atoms with van der Waals surface area (Å²) in [4.78, 5) is 37.6. The summed E-state index contributed by atoms with van der Waals surface area (Å²) in [6.07, 6.45) is 0.499. The number of ether oxygens (including phenoxy) is 1. The van der Waals surface area contributed by atoms with E-state index in [1.807, 2.05) is 13.8 Å². The maximum Gasteiger partial charge on any atom is 0.337 e. The normalized spacial score (nSPS) is 17.6. The van der Waals surface area contributed by atoms with Gasteiger partial charge in [0.2, 0.25) is 5.91 Å². The predicted octanol–water partition coefficient (Wildman–Crippen LogP) is 1.60. The molecular formula is C17H21FN2O4. The lowest BCUT2D eigenvalue weighted by molar-refractivity contribution is -0.128. The largest absolute Gasteiger partial charge is 0.465 e. The molecule has 0 aliphatic carbocycles. The van der Waals surface area contributed by atoms with E-state index in [1.165, 1.54) is 24.1 Å². The van der Waals surface area contributed by atoms with Crippen molar-refractivity contribution in [3.8, 4) is 0 Å². The predicted molar refractivity (Wildman–Crippen MR) is 85.0 cm³/mol. The van der Waals surface area contributed by atoms with Crippen molar-refractivity contribution < 1.29 is 23.5 Å². The molecule has 1 aliphatic heterocycles. The SMILES string of the molecule is COC(=O)c1ccc(C(=O)N2CCNC(=O)C2CC(C)C)c(F)c1. The Morgan fingerprint density at radius 3 is 2.71 bits per heavy atom. The van der Waals surface area contributed by atoms with E-state index in [2.05, 4.69) is 10.1 Å². The van der Waals surface area contributed by atoms with Crippen LogP contribution in [0.2, 0.25) is 0 Å². The van der Waals surface area contributed by atoms with Crippen LogP contribution in [0.3, 0.4) is 0 Å². The van der Waals surface area contributed by atoms with Gasteiger partial charge < -0.3 is 15.0 Å². The standard InChI is InChI=1S/C17H21FN2O4/c1-10(2)8-14-15(21)19-6-7-20(14)16(22)12-5-4-11(9-13(12)18)17(23)24-3/h4-5,9-10,14H,6-8H2,1-3H3,(H,19,21). The van der Waals surface area contributed by atoms with Crippen LogP contribution in [0.25, 0.3) is 0 Å². The smallest absolute Gasteiger partial charge is 0.337 e. The number of carbonyl (C=O) groups excluding carboxylic acids is 3. The van der Waals surface area contributed by atoms with Crippen molar-refractivity contribution in [1.29, 1.82) is 0 Å². The van der Waals surface area contributed by atoms with Crippen molar-refractivity contribution in [2.45, 2.75) is 26.3 Å². The zero-order valence-electron chi connectivity index (χ0n) is 14.0. The molecule has 0 spiro atoms. The number of benzene rings is 1. The van der Waals surface area contributed by atoms with Crippen LogP contribution >= 0.6 is 0 Å². The van der Waals surface area contributed by atoms with E-state index >= 15 is 0 Å². The second kappa shape index (κ2) is 7.42. The molecule has 6 nitrogen and oxygen atoms in total. The first-order valence-corrected chi connectivity index (χ1v) is 7.81. The topological polar surface area (TPSA) is 75.7 Å². The Balaban J connectivity index is 2.29. The fourth-order valence-electron chi connectivity index (χ4n) is 2.73. The number of hydrogen-bond acceptors (Lipinski definition) is 4. The Morgan fingerprint density at radius 1 is 1.42 bits per heavy atom. The highest BCUT2D eigenvalue weighted by Crippen LogP contribution is 2.20. The Kier molecular flexibility index (Phi) is 5.54. The number of carbonyl (C=O) groups is 3. The fourth-order valence-corrected chi connectivity index (χ4v) is 2.73. The lowest BCUT2D eigenvalue weighted by Gasteiger charge is -2.36. The third kappa shape index (κ3) is 3.72. The summed E-state index contributed by atoms with van der Waals surface area (Å²) in [5.74, 6) is -2.06. The maximum atomic E-state index is 14.3. The molecule has 1 aromatic carbocycles. The lowest BCUT2D eigenvalue weighted by Crippen LogP contribution is -2.57. The number of nitrogens with one attached hydrogen (secondary N) is 1. The molecule has 2 rings (SSSR count). The van der Waals surface area contributed by atoms with E-state index in [-0.39, 0.29) is 23.0 Å². The van der Waals surface area contributed by atoms with E-state index in [9.17, 15) is 18.8 Å². The molecule has 1 saturated heterocycles. The quantitative estimate of drug-likeness (QED) is 0.848. The second-order valence-corrected chi connectivity index (χ2v) is 6.12. The van der Waals surface area contributed by atoms with Crippen molar-refractivity contribution in [1.82, 2.24) is 10.2 Å². The Hall–Kier alpha value is -2.44. The van der Waals surface area contributed by atoms with E-state index in [4.69, 9.17) is 0 Å². The van der Waals surface area contributed by atoms with Gasteiger partial charge in [-0.15, -0.1) is 0 Å². The highest BCUT2D eigenvalue weighted by molar-refractivity contribution is 5.99. The van der Waals surface area contributed by atoms with Gasteiger partial charge in [-0.1, -0.05) is 13.8 Å². The van der Waals surface area contributed by atoms with Gasteiger partial charge in [-0.25, -0.2) is 9.18 Å². The summed E-state index contributed by atoms with van der Waals surface area (Å²) in [7, 11) is 1.20. The van der Waals surface area contributed by atoms with Gasteiger partial charge in [-0.2, -0.15) is 0 Å². The van der Waals surface area contributed by atoms with Gasteiger partial charge in [-0.3, -0.25) is 9.59 Å². The summed E-state index contributed by atoms with van der Waals surface area (Å²) < 4.78 is 18.8. The molecule has 1 fully saturated rings. The van der Waals surface area contributed by atoms with Crippen LogP contribution in [-0.4, -0.2) is 48.9 Å². The summed E-state index contributed by atoms with van der Waals surface area (Å²) in [5.41, 5.74) is -0.132. The average molecular weight is 336 g/mol. The number of esters is 1. The highest BCUT2D eigenvalue weighted by Gasteiger charge is 2.34. The number of piperazine rings is 1. The molecule has 0 aromatic heterocycles. The minimum Gasteiger partial charge on any atom is -0.465 e. The van der Waals surface area contributed by atoms with Crippen LogP contribution in [-0.2, 0) is 9.53 Å². The van der Waals surface area contributed by atoms with Crippen molar-refractivity contribution in [2.75, 3.05) is 20.2 Å². The first-order valence-electron chi connectivity index (χ1n) is 7.81. The average Bonchev–Trinajstić information content (AvgIpc) is 2.55. The molecule has 1 atom stereocenters. The summed E-state index contributed by atoms with van der Waals surface area (Å²) in [6.45, 7) is 4.56. The number of halogens is 1. The number of methoxy groups -OCH3 is 1. The van der Waals surface area contributed by atoms with Gasteiger partial charge in [0.15, 0.2) is 0 Å². The number of nitrogens with zero attached hydrogens (tertiary/aromatic N) is 1. The first kappa shape index (κ1) is 17.9. The maximum absolute atomic E-state index is 14.3. The van der Waals surface area contributed by atoms with Crippen molar-refractivity contribution in [3.63, 3.8) is 0 Å². The molecule has 1 heterocycles. The van der Waals surface area contributed by atoms with E-state index in [0.717, 1.165) is 6.07 Å². The molecule has 2 amide bonds. The molecule has 7 heteroatoms. The number of amides is 2. The molecule has 0 bridgehead atoms. The van der Waals surface area contributed by atoms with Gasteiger partial charge in [0.05, 0.1) is 18.2 Å². The van der Waals surface area contributed by atoms with Crippen molar-refractivity contribution in [3.05, 3.63) is 35.1 Å². The third-order valence-electron chi connectivity index (χ3n) is 3.91.